The minimum atomic E-state index is -0.616. The van der Waals surface area contributed by atoms with Crippen molar-refractivity contribution in [3.8, 4) is 6.07 Å². The van der Waals surface area contributed by atoms with Gasteiger partial charge in [0.05, 0.1) is 24.4 Å². The van der Waals surface area contributed by atoms with Crippen LogP contribution >= 0.6 is 11.3 Å². The Morgan fingerprint density at radius 2 is 1.90 bits per heavy atom. The number of ether oxygens (including phenoxy) is 2. The molecule has 0 bridgehead atoms. The lowest BCUT2D eigenvalue weighted by atomic mass is 10.0. The van der Waals surface area contributed by atoms with Gasteiger partial charge in [0, 0.05) is 23.7 Å². The van der Waals surface area contributed by atoms with Crippen LogP contribution in [0.25, 0.3) is 6.08 Å². The number of hydrogen-bond donors (Lipinski definition) is 0. The highest BCUT2D eigenvalue weighted by atomic mass is 32.1. The zero-order valence-corrected chi connectivity index (χ0v) is 17.2. The Kier molecular flexibility index (Phi) is 7.80. The molecule has 0 aliphatic carbocycles. The summed E-state index contributed by atoms with van der Waals surface area (Å²) in [4.78, 5) is 41.9. The van der Waals surface area contributed by atoms with Crippen LogP contribution < -0.4 is 0 Å². The molecule has 2 aromatic heterocycles. The summed E-state index contributed by atoms with van der Waals surface area (Å²) in [6.07, 6.45) is 4.34. The van der Waals surface area contributed by atoms with Crippen LogP contribution in [0.3, 0.4) is 0 Å². The van der Waals surface area contributed by atoms with E-state index in [9.17, 15) is 19.6 Å². The summed E-state index contributed by atoms with van der Waals surface area (Å²) in [7, 11) is 0. The lowest BCUT2D eigenvalue weighted by molar-refractivity contribution is -0.114. The highest BCUT2D eigenvalue weighted by molar-refractivity contribution is 7.14. The third kappa shape index (κ3) is 5.36. The summed E-state index contributed by atoms with van der Waals surface area (Å²) in [5.74, 6) is -1.65. The van der Waals surface area contributed by atoms with Gasteiger partial charge < -0.3 is 9.47 Å². The molecule has 0 N–H and O–H groups in total. The summed E-state index contributed by atoms with van der Waals surface area (Å²) in [6, 6.07) is 5.30. The fourth-order valence-corrected chi connectivity index (χ4v) is 3.79. The van der Waals surface area contributed by atoms with E-state index in [4.69, 9.17) is 9.47 Å². The number of esters is 2. The molecule has 29 heavy (non-hydrogen) atoms. The number of ketones is 1. The van der Waals surface area contributed by atoms with Crippen LogP contribution in [0.15, 0.2) is 30.1 Å². The molecule has 0 radical (unpaired) electrons. The fourth-order valence-electron chi connectivity index (χ4n) is 2.60. The van der Waals surface area contributed by atoms with Crippen LogP contribution in [0.4, 0.5) is 0 Å². The lowest BCUT2D eigenvalue weighted by Gasteiger charge is -2.05. The smallest absolute Gasteiger partial charge is 0.348 e. The van der Waals surface area contributed by atoms with Crippen molar-refractivity contribution in [2.75, 3.05) is 13.2 Å². The second-order valence-electron chi connectivity index (χ2n) is 5.85. The number of Topliss-reactive ketones (excluding diaryl/α,β-unsaturated/α-hetero) is 1. The molecular weight excluding hydrogens is 392 g/mol. The largest absolute Gasteiger partial charge is 0.462 e. The van der Waals surface area contributed by atoms with E-state index >= 15 is 0 Å². The van der Waals surface area contributed by atoms with E-state index < -0.39 is 17.7 Å². The van der Waals surface area contributed by atoms with Crippen molar-refractivity contribution in [3.05, 3.63) is 56.5 Å². The van der Waals surface area contributed by atoms with Gasteiger partial charge >= 0.3 is 11.9 Å². The molecule has 0 aromatic carbocycles. The molecular formula is C21H20N2O5S. The Bertz CT molecular complexity index is 986. The fraction of sp³-hybridized carbons (Fsp3) is 0.286. The van der Waals surface area contributed by atoms with Crippen LogP contribution in [-0.2, 0) is 20.7 Å². The number of carbonyl (C=O) groups is 3. The number of carbonyl (C=O) groups excluding carboxylic acids is 3. The first-order chi connectivity index (χ1) is 13.9. The number of nitrogens with zero attached hydrogens (tertiary/aromatic N) is 2. The average Bonchev–Trinajstić information content (AvgIpc) is 3.03. The molecule has 0 amide bonds. The minimum Gasteiger partial charge on any atom is -0.462 e. The van der Waals surface area contributed by atoms with E-state index in [1.165, 1.54) is 12.3 Å². The van der Waals surface area contributed by atoms with Gasteiger partial charge in [-0.3, -0.25) is 9.78 Å². The number of thiophene rings is 1. The van der Waals surface area contributed by atoms with E-state index in [-0.39, 0.29) is 35.6 Å². The third-order valence-corrected chi connectivity index (χ3v) is 5.17. The Hall–Kier alpha value is -3.31. The van der Waals surface area contributed by atoms with Crippen LogP contribution in [0.1, 0.15) is 49.9 Å². The lowest BCUT2D eigenvalue weighted by Crippen LogP contribution is -2.12. The SMILES string of the molecule is CCOC(=O)c1sc(CC(=O)/C(C#N)=C/c2cccnc2)c(C(=O)OCC)c1C. The number of rotatable bonds is 8. The second-order valence-corrected chi connectivity index (χ2v) is 6.96. The molecule has 150 valence electrons. The molecule has 0 aliphatic rings. The van der Waals surface area contributed by atoms with Crippen molar-refractivity contribution in [2.45, 2.75) is 27.2 Å². The first kappa shape index (κ1) is 22.0. The van der Waals surface area contributed by atoms with Gasteiger partial charge in [-0.2, -0.15) is 5.26 Å². The van der Waals surface area contributed by atoms with Crippen molar-refractivity contribution in [3.63, 3.8) is 0 Å². The van der Waals surface area contributed by atoms with Gasteiger partial charge in [0.25, 0.3) is 0 Å². The molecule has 2 heterocycles. The second kappa shape index (κ2) is 10.3. The molecule has 0 atom stereocenters. The molecule has 0 saturated carbocycles. The number of allylic oxidation sites excluding steroid dienone is 1. The van der Waals surface area contributed by atoms with Gasteiger partial charge in [0.2, 0.25) is 0 Å². The maximum absolute atomic E-state index is 12.7. The Labute approximate surface area is 172 Å². The van der Waals surface area contributed by atoms with E-state index in [1.54, 1.807) is 39.1 Å². The molecule has 0 fully saturated rings. The molecule has 0 unspecified atom stereocenters. The summed E-state index contributed by atoms with van der Waals surface area (Å²) in [5.41, 5.74) is 1.12. The van der Waals surface area contributed by atoms with Crippen molar-refractivity contribution >= 4 is 35.1 Å². The number of pyridine rings is 1. The topological polar surface area (TPSA) is 106 Å². The van der Waals surface area contributed by atoms with Crippen molar-refractivity contribution in [1.82, 2.24) is 4.98 Å². The van der Waals surface area contributed by atoms with E-state index in [0.717, 1.165) is 11.3 Å². The Morgan fingerprint density at radius 3 is 2.48 bits per heavy atom. The zero-order valence-electron chi connectivity index (χ0n) is 16.4. The predicted octanol–water partition coefficient (Wildman–Crippen LogP) is 3.52. The highest BCUT2D eigenvalue weighted by Crippen LogP contribution is 2.31. The van der Waals surface area contributed by atoms with Gasteiger partial charge in [-0.05, 0) is 44.0 Å². The van der Waals surface area contributed by atoms with Crippen LogP contribution in [0.2, 0.25) is 0 Å². The van der Waals surface area contributed by atoms with Crippen LogP contribution in [0.5, 0.6) is 0 Å². The standard InChI is InChI=1S/C21H20N2O5S/c1-4-27-20(25)18-13(3)19(21(26)28-5-2)29-17(18)10-16(24)15(11-22)9-14-7-6-8-23-12-14/h6-9,12H,4-5,10H2,1-3H3/b15-9+. The first-order valence-corrected chi connectivity index (χ1v) is 9.76. The van der Waals surface area contributed by atoms with Crippen LogP contribution in [-0.4, -0.2) is 35.9 Å². The van der Waals surface area contributed by atoms with Gasteiger partial charge in [-0.25, -0.2) is 9.59 Å². The number of aromatic nitrogens is 1. The molecule has 8 heteroatoms. The van der Waals surface area contributed by atoms with Gasteiger partial charge in [-0.1, -0.05) is 6.07 Å². The first-order valence-electron chi connectivity index (χ1n) is 8.94. The molecule has 2 rings (SSSR count). The molecule has 0 spiro atoms. The zero-order chi connectivity index (χ0) is 21.4. The summed E-state index contributed by atoms with van der Waals surface area (Å²) >= 11 is 1.01. The van der Waals surface area contributed by atoms with Crippen LogP contribution in [0, 0.1) is 18.3 Å². The minimum absolute atomic E-state index is 0.0726. The van der Waals surface area contributed by atoms with Crippen molar-refractivity contribution in [1.29, 1.82) is 5.26 Å². The maximum atomic E-state index is 12.7. The van der Waals surface area contributed by atoms with Crippen molar-refractivity contribution < 1.29 is 23.9 Å². The highest BCUT2D eigenvalue weighted by Gasteiger charge is 2.27. The molecule has 7 nitrogen and oxygen atoms in total. The average molecular weight is 412 g/mol. The van der Waals surface area contributed by atoms with E-state index in [2.05, 4.69) is 4.98 Å². The molecule has 0 aliphatic heterocycles. The summed E-state index contributed by atoms with van der Waals surface area (Å²) < 4.78 is 10.1. The monoisotopic (exact) mass is 412 g/mol. The maximum Gasteiger partial charge on any atom is 0.348 e. The number of nitriles is 1. The molecule has 0 saturated heterocycles. The van der Waals surface area contributed by atoms with E-state index in [1.807, 2.05) is 6.07 Å². The van der Waals surface area contributed by atoms with E-state index in [0.29, 0.717) is 16.0 Å². The number of hydrogen-bond acceptors (Lipinski definition) is 8. The van der Waals surface area contributed by atoms with Crippen molar-refractivity contribution in [2.24, 2.45) is 0 Å². The summed E-state index contributed by atoms with van der Waals surface area (Å²) in [6.45, 7) is 5.30. The predicted molar refractivity (Wildman–Crippen MR) is 108 cm³/mol. The normalized spacial score (nSPS) is 10.9. The van der Waals surface area contributed by atoms with Gasteiger partial charge in [0.15, 0.2) is 5.78 Å². The van der Waals surface area contributed by atoms with Gasteiger partial charge in [0.1, 0.15) is 10.9 Å². The van der Waals surface area contributed by atoms with Gasteiger partial charge in [-0.15, -0.1) is 11.3 Å². The summed E-state index contributed by atoms with van der Waals surface area (Å²) in [5, 5.41) is 9.39. The quantitative estimate of drug-likeness (QED) is 0.371. The third-order valence-electron chi connectivity index (χ3n) is 3.90. The Balaban J connectivity index is 2.42. The Morgan fingerprint density at radius 1 is 1.21 bits per heavy atom. The molecule has 2 aromatic rings.